The fourth-order valence-electron chi connectivity index (χ4n) is 8.92. The van der Waals surface area contributed by atoms with E-state index in [4.69, 9.17) is 44.0 Å². The molecule has 7 aromatic rings. The van der Waals surface area contributed by atoms with E-state index in [1.54, 1.807) is 55.6 Å². The van der Waals surface area contributed by atoms with Gasteiger partial charge in [-0.1, -0.05) is 47.7 Å². The van der Waals surface area contributed by atoms with Crippen LogP contribution in [0.2, 0.25) is 0 Å². The van der Waals surface area contributed by atoms with E-state index in [1.807, 2.05) is 0 Å². The summed E-state index contributed by atoms with van der Waals surface area (Å²) in [6.45, 7) is -0.742. The Morgan fingerprint density at radius 1 is 0.861 bits per heavy atom. The lowest BCUT2D eigenvalue weighted by Crippen LogP contribution is -2.34. The Labute approximate surface area is 444 Å². The monoisotopic (exact) mass is 1130 g/mol. The van der Waals surface area contributed by atoms with Crippen LogP contribution in [-0.4, -0.2) is 146 Å². The Morgan fingerprint density at radius 3 is 2.35 bits per heavy atom. The molecule has 34 heteroatoms. The van der Waals surface area contributed by atoms with E-state index in [1.165, 1.54) is 31.4 Å². The average molecular weight is 1130 g/mol. The highest BCUT2D eigenvalue weighted by molar-refractivity contribution is 7.47. The second kappa shape index (κ2) is 22.3. The van der Waals surface area contributed by atoms with Gasteiger partial charge >= 0.3 is 15.6 Å². The second-order valence-electron chi connectivity index (χ2n) is 17.5. The summed E-state index contributed by atoms with van der Waals surface area (Å²) in [7, 11) is -7.80. The summed E-state index contributed by atoms with van der Waals surface area (Å²) in [5.41, 5.74) is 13.5. The van der Waals surface area contributed by atoms with Crippen LogP contribution >= 0.6 is 15.6 Å². The molecule has 0 saturated carbocycles. The minimum atomic E-state index is -5.50. The topological polar surface area (TPSA) is 428 Å². The van der Waals surface area contributed by atoms with Crippen LogP contribution in [-0.2, 0) is 62.3 Å². The maximum Gasteiger partial charge on any atom is 0.527 e. The van der Waals surface area contributed by atoms with Crippen molar-refractivity contribution in [3.05, 3.63) is 106 Å². The zero-order chi connectivity index (χ0) is 55.8. The number of aromatic amines is 1. The Kier molecular flexibility index (Phi) is 15.3. The number of amides is 2. The molecule has 0 saturated heterocycles. The number of aliphatic hydroxyl groups excluding tert-OH is 2. The van der Waals surface area contributed by atoms with Gasteiger partial charge in [-0.25, -0.2) is 33.7 Å². The van der Waals surface area contributed by atoms with E-state index in [9.17, 15) is 43.5 Å². The molecule has 0 fully saturated rings. The van der Waals surface area contributed by atoms with Crippen LogP contribution in [0, 0.1) is 0 Å². The maximum atomic E-state index is 14.4. The Bertz CT molecular complexity index is 3710. The van der Waals surface area contributed by atoms with Crippen molar-refractivity contribution in [3.63, 3.8) is 0 Å². The third kappa shape index (κ3) is 10.9. The van der Waals surface area contributed by atoms with Crippen LogP contribution in [0.4, 0.5) is 17.5 Å². The molecule has 10 N–H and O–H groups in total. The van der Waals surface area contributed by atoms with E-state index in [2.05, 4.69) is 50.1 Å². The number of benzene rings is 2. The number of imidazole rings is 2. The van der Waals surface area contributed by atoms with Crippen molar-refractivity contribution in [2.24, 2.45) is 0 Å². The molecule has 416 valence electrons. The molecule has 0 radical (unpaired) electrons. The number of anilines is 3. The number of fused-ring (bicyclic) bond motifs is 7. The lowest BCUT2D eigenvalue weighted by atomic mass is 9.95. The van der Waals surface area contributed by atoms with Crippen LogP contribution < -0.4 is 27.2 Å². The summed E-state index contributed by atoms with van der Waals surface area (Å²) >= 11 is 0. The minimum absolute atomic E-state index is 0.0274. The zero-order valence-corrected chi connectivity index (χ0v) is 43.4. The van der Waals surface area contributed by atoms with Crippen molar-refractivity contribution in [1.82, 2.24) is 59.3 Å². The van der Waals surface area contributed by atoms with Gasteiger partial charge in [-0.15, -0.1) is 5.10 Å². The van der Waals surface area contributed by atoms with Gasteiger partial charge < -0.3 is 60.3 Å². The molecule has 3 aliphatic heterocycles. The quantitative estimate of drug-likeness (QED) is 0.0377. The first kappa shape index (κ1) is 54.2. The predicted molar refractivity (Wildman–Crippen MR) is 271 cm³/mol. The molecule has 3 aliphatic rings. The van der Waals surface area contributed by atoms with Gasteiger partial charge in [0.2, 0.25) is 30.2 Å². The average Bonchev–Trinajstić information content (AvgIpc) is 4.37. The number of hydrogen-bond donors (Lipinski definition) is 8. The van der Waals surface area contributed by atoms with Gasteiger partial charge in [0.1, 0.15) is 43.4 Å². The van der Waals surface area contributed by atoms with E-state index < -0.39 is 88.0 Å². The molecule has 2 aromatic carbocycles. The van der Waals surface area contributed by atoms with E-state index in [0.29, 0.717) is 41.3 Å². The number of methoxy groups -OCH3 is 1. The number of aliphatic hydroxyl groups is 2. The summed E-state index contributed by atoms with van der Waals surface area (Å²) in [5, 5.41) is 36.0. The van der Waals surface area contributed by atoms with Crippen molar-refractivity contribution >= 4 is 67.2 Å². The van der Waals surface area contributed by atoms with Gasteiger partial charge in [0.05, 0.1) is 37.7 Å². The number of nitrogens with two attached hydrogens (primary N) is 2. The van der Waals surface area contributed by atoms with Crippen molar-refractivity contribution in [2.45, 2.75) is 44.0 Å². The van der Waals surface area contributed by atoms with Gasteiger partial charge in [-0.05, 0) is 11.6 Å². The highest BCUT2D eigenvalue weighted by atomic mass is 31.2. The van der Waals surface area contributed by atoms with Gasteiger partial charge in [0.25, 0.3) is 5.56 Å². The van der Waals surface area contributed by atoms with Crippen LogP contribution in [0.3, 0.4) is 0 Å². The van der Waals surface area contributed by atoms with E-state index in [0.717, 1.165) is 13.4 Å². The van der Waals surface area contributed by atoms with E-state index in [-0.39, 0.29) is 78.2 Å². The smallest absolute Gasteiger partial charge is 0.506 e. The molecule has 0 bridgehead atoms. The van der Waals surface area contributed by atoms with Crippen LogP contribution in [0.1, 0.15) is 36.9 Å². The molecule has 32 nitrogen and oxygen atoms in total. The molecule has 79 heavy (non-hydrogen) atoms. The first-order valence-corrected chi connectivity index (χ1v) is 26.7. The van der Waals surface area contributed by atoms with Gasteiger partial charge in [0, 0.05) is 44.7 Å². The molecule has 6 atom stereocenters. The summed E-state index contributed by atoms with van der Waals surface area (Å²) in [5.74, 6) is -3.65. The second-order valence-corrected chi connectivity index (χ2v) is 20.4. The summed E-state index contributed by atoms with van der Waals surface area (Å²) in [6.07, 6.45) is -1.92. The predicted octanol–water partition coefficient (Wildman–Crippen LogP) is 1.99. The van der Waals surface area contributed by atoms with Crippen molar-refractivity contribution in [1.29, 1.82) is 0 Å². The third-order valence-electron chi connectivity index (χ3n) is 12.6. The number of H-pyrrole nitrogens is 1. The Morgan fingerprint density at radius 2 is 1.57 bits per heavy atom. The normalized spacial score (nSPS) is 19.5. The number of phosphoric acid groups is 2. The minimum Gasteiger partial charge on any atom is -0.506 e. The SMILES string of the molecule is COCCOCCNC(=O)CCC(=O)N1Cc2ccccc2-c2nnn(C3C(O)=C(COP(=O)(O)OC4=C(COP(=O)(O)OC)O[C@@H](n5cnc6c(N)ncnc65)C4O)O[C@H]3n3cnc4c(=O)[nH]c(N)nc43)c2-c2ccccc21. The largest absolute Gasteiger partial charge is 0.527 e. The molecule has 2 amide bonds. The lowest BCUT2D eigenvalue weighted by Gasteiger charge is -2.29. The molecular weight excluding hydrogens is 1080 g/mol. The van der Waals surface area contributed by atoms with Crippen LogP contribution in [0.15, 0.2) is 95.3 Å². The molecule has 0 aliphatic carbocycles. The number of carbonyl (C=O) groups is 2. The molecule has 0 spiro atoms. The lowest BCUT2D eigenvalue weighted by molar-refractivity contribution is -0.125. The zero-order valence-electron chi connectivity index (χ0n) is 41.6. The Hall–Kier alpha value is -8.16. The molecule has 10 rings (SSSR count). The van der Waals surface area contributed by atoms with Crippen molar-refractivity contribution in [3.8, 4) is 22.5 Å². The number of nitrogens with one attached hydrogen (secondary N) is 2. The summed E-state index contributed by atoms with van der Waals surface area (Å²) in [6, 6.07) is 12.4. The third-order valence-corrected chi connectivity index (χ3v) is 14.4. The first-order chi connectivity index (χ1) is 38.0. The number of hydrogen-bond acceptors (Lipinski definition) is 24. The highest BCUT2D eigenvalue weighted by Crippen LogP contribution is 2.53. The fraction of sp³-hybridized carbons (Fsp3) is 0.333. The van der Waals surface area contributed by atoms with Gasteiger partial charge in [0.15, 0.2) is 57.8 Å². The maximum absolute atomic E-state index is 14.4. The van der Waals surface area contributed by atoms with Gasteiger partial charge in [-0.2, -0.15) is 4.98 Å². The summed E-state index contributed by atoms with van der Waals surface area (Å²) in [4.78, 5) is 86.3. The summed E-state index contributed by atoms with van der Waals surface area (Å²) < 4.78 is 73.0. The molecular formula is C45H49N15O17P2. The first-order valence-electron chi connectivity index (χ1n) is 23.8. The highest BCUT2D eigenvalue weighted by Gasteiger charge is 2.47. The number of carbonyl (C=O) groups excluding carboxylic acids is 2. The molecule has 8 heterocycles. The molecule has 4 unspecified atom stereocenters. The van der Waals surface area contributed by atoms with Crippen LogP contribution in [0.5, 0.6) is 0 Å². The van der Waals surface area contributed by atoms with Crippen molar-refractivity contribution in [2.75, 3.05) is 70.2 Å². The van der Waals surface area contributed by atoms with E-state index >= 15 is 0 Å². The standard InChI is InChI=1S/C45H49N15O17P2/c1-70-15-16-72-14-13-48-29(61)11-12-30(62)57-17-23-7-3-4-8-24(23)31-34(25-9-5-6-10-26(25)57)60(56-55-31)35-36(63)27(75-43(35)59-22-52-33-41(59)53-45(47)54-42(33)65)18-74-79(68,69)77-38-28(19-73-78(66,67)71-2)76-44(37(38)64)58-21-51-32-39(46)49-20-50-40(32)58/h3-10,20-22,35,37,43-44,63-64H,11-19H2,1-2H3,(H,48,61)(H,66,67)(H,68,69)(H2,46,49,50)(H3,47,53,54,65)/t35?,37?,43-,44-/m1/s1. The molecule has 5 aromatic heterocycles. The van der Waals surface area contributed by atoms with Gasteiger partial charge in [-0.3, -0.25) is 47.0 Å². The van der Waals surface area contributed by atoms with Crippen LogP contribution in [0.25, 0.3) is 44.8 Å². The number of rotatable bonds is 21. The number of nitrogen functional groups attached to an aromatic ring is 2. The number of para-hydroxylation sites is 1. The van der Waals surface area contributed by atoms with Crippen molar-refractivity contribution < 1.29 is 75.8 Å². The number of phosphoric ester groups is 2. The number of aromatic nitrogens is 11. The fourth-order valence-corrected chi connectivity index (χ4v) is 10.1. The number of nitrogens with zero attached hydrogens (tertiary/aromatic N) is 11. The number of ether oxygens (including phenoxy) is 4. The Balaban J connectivity index is 0.993.